The van der Waals surface area contributed by atoms with Crippen molar-refractivity contribution in [2.75, 3.05) is 32.9 Å². The molecule has 1 amide bonds. The van der Waals surface area contributed by atoms with Gasteiger partial charge in [-0.3, -0.25) is 4.98 Å². The quantitative estimate of drug-likeness (QED) is 0.782. The maximum Gasteiger partial charge on any atom is 0.410 e. The lowest BCUT2D eigenvalue weighted by Crippen LogP contribution is -2.48. The van der Waals surface area contributed by atoms with Gasteiger partial charge in [0.05, 0.1) is 25.5 Å². The second-order valence-electron chi connectivity index (χ2n) is 6.99. The average molecular weight is 431 g/mol. The highest BCUT2D eigenvalue weighted by molar-refractivity contribution is 9.10. The molecular weight excluding hydrogens is 408 g/mol. The number of carbonyl (C=O) groups excluding carboxylic acids is 1. The third-order valence-corrected chi connectivity index (χ3v) is 4.07. The number of hydrogen-bond donors (Lipinski definition) is 1. The van der Waals surface area contributed by atoms with Gasteiger partial charge in [-0.25, -0.2) is 9.59 Å². The number of nitrogens with zero attached hydrogens (tertiary/aromatic N) is 2. The van der Waals surface area contributed by atoms with Gasteiger partial charge in [-0.05, 0) is 48.8 Å². The zero-order chi connectivity index (χ0) is 19.4. The first kappa shape index (κ1) is 20.6. The van der Waals surface area contributed by atoms with Crippen molar-refractivity contribution in [3.05, 3.63) is 28.5 Å². The maximum absolute atomic E-state index is 12.5. The molecule has 26 heavy (non-hydrogen) atoms. The summed E-state index contributed by atoms with van der Waals surface area (Å²) in [5.74, 6) is -1.12. The number of carbonyl (C=O) groups is 2. The molecule has 1 aliphatic rings. The number of halogens is 1. The van der Waals surface area contributed by atoms with Gasteiger partial charge < -0.3 is 24.2 Å². The summed E-state index contributed by atoms with van der Waals surface area (Å²) in [5.41, 5.74) is -1.37. The molecule has 9 heteroatoms. The molecule has 1 N–H and O–H groups in total. The summed E-state index contributed by atoms with van der Waals surface area (Å²) < 4.78 is 17.5. The van der Waals surface area contributed by atoms with Crippen molar-refractivity contribution in [1.82, 2.24) is 9.88 Å². The predicted molar refractivity (Wildman–Crippen MR) is 95.8 cm³/mol. The van der Waals surface area contributed by atoms with Crippen LogP contribution in [0.4, 0.5) is 4.79 Å². The Morgan fingerprint density at radius 3 is 2.73 bits per heavy atom. The van der Waals surface area contributed by atoms with Gasteiger partial charge in [-0.1, -0.05) is 0 Å². The monoisotopic (exact) mass is 430 g/mol. The Bertz CT molecular complexity index is 646. The van der Waals surface area contributed by atoms with Crippen LogP contribution in [0.3, 0.4) is 0 Å². The van der Waals surface area contributed by atoms with E-state index in [1.807, 2.05) is 0 Å². The van der Waals surface area contributed by atoms with Gasteiger partial charge in [0.2, 0.25) is 0 Å². The summed E-state index contributed by atoms with van der Waals surface area (Å²) in [5, 5.41) is 9.05. The Labute approximate surface area is 160 Å². The molecule has 1 aromatic heterocycles. The number of ether oxygens (including phenoxy) is 3. The normalized spacial score (nSPS) is 21.2. The van der Waals surface area contributed by atoms with E-state index in [1.54, 1.807) is 39.1 Å². The van der Waals surface area contributed by atoms with Gasteiger partial charge in [-0.2, -0.15) is 0 Å². The van der Waals surface area contributed by atoms with Gasteiger partial charge in [0.25, 0.3) is 0 Å². The van der Waals surface area contributed by atoms with E-state index in [-0.39, 0.29) is 19.8 Å². The minimum absolute atomic E-state index is 0.0732. The third kappa shape index (κ3) is 5.65. The molecule has 1 saturated heterocycles. The van der Waals surface area contributed by atoms with Gasteiger partial charge in [-0.15, -0.1) is 0 Å². The fourth-order valence-electron chi connectivity index (χ4n) is 2.49. The zero-order valence-corrected chi connectivity index (χ0v) is 16.6. The first-order valence-electron chi connectivity index (χ1n) is 8.15. The summed E-state index contributed by atoms with van der Waals surface area (Å²) in [6.45, 7) is 5.55. The molecule has 144 valence electrons. The smallest absolute Gasteiger partial charge is 0.410 e. The van der Waals surface area contributed by atoms with E-state index in [4.69, 9.17) is 19.3 Å². The zero-order valence-electron chi connectivity index (χ0n) is 15.0. The highest BCUT2D eigenvalue weighted by Gasteiger charge is 2.42. The number of aromatic nitrogens is 1. The van der Waals surface area contributed by atoms with Gasteiger partial charge in [0, 0.05) is 17.2 Å². The molecule has 0 saturated carbocycles. The SMILES string of the molecule is CC(C)(C)OC(=O)N1CCOCC(OCC(=O)O)(c2ccc(Br)cn2)C1. The van der Waals surface area contributed by atoms with Crippen LogP contribution in [0.25, 0.3) is 0 Å². The van der Waals surface area contributed by atoms with E-state index in [0.29, 0.717) is 12.2 Å². The molecule has 1 atom stereocenters. The Morgan fingerprint density at radius 2 is 2.15 bits per heavy atom. The Kier molecular flexibility index (Phi) is 6.59. The van der Waals surface area contributed by atoms with Gasteiger partial charge in [0.1, 0.15) is 12.2 Å². The van der Waals surface area contributed by atoms with E-state index in [9.17, 15) is 9.59 Å². The van der Waals surface area contributed by atoms with Crippen LogP contribution >= 0.6 is 15.9 Å². The van der Waals surface area contributed by atoms with Crippen molar-refractivity contribution in [3.8, 4) is 0 Å². The average Bonchev–Trinajstić information content (AvgIpc) is 2.76. The van der Waals surface area contributed by atoms with Crippen molar-refractivity contribution in [2.24, 2.45) is 0 Å². The maximum atomic E-state index is 12.5. The standard InChI is InChI=1S/C17H23BrN2O6/c1-16(2,3)26-15(23)20-6-7-24-11-17(10-20,25-9-14(21)22)13-5-4-12(18)8-19-13/h4-5,8H,6-7,9-11H2,1-3H3,(H,21,22). The van der Waals surface area contributed by atoms with Crippen LogP contribution in [0.5, 0.6) is 0 Å². The van der Waals surface area contributed by atoms with Crippen LogP contribution in [0.1, 0.15) is 26.5 Å². The van der Waals surface area contributed by atoms with Crippen molar-refractivity contribution in [1.29, 1.82) is 0 Å². The van der Waals surface area contributed by atoms with Gasteiger partial charge >= 0.3 is 12.1 Å². The lowest BCUT2D eigenvalue weighted by atomic mass is 9.99. The molecule has 1 aliphatic heterocycles. The number of amides is 1. The number of rotatable bonds is 4. The van der Waals surface area contributed by atoms with Crippen molar-refractivity contribution < 1.29 is 28.9 Å². The number of hydrogen-bond acceptors (Lipinski definition) is 6. The van der Waals surface area contributed by atoms with Crippen molar-refractivity contribution >= 4 is 28.0 Å². The molecule has 0 radical (unpaired) electrons. The van der Waals surface area contributed by atoms with Crippen LogP contribution in [0, 0.1) is 0 Å². The Hall–Kier alpha value is -1.71. The summed E-state index contributed by atoms with van der Waals surface area (Å²) >= 11 is 3.32. The molecule has 0 spiro atoms. The molecule has 0 aromatic carbocycles. The van der Waals surface area contributed by atoms with Crippen LogP contribution in [-0.4, -0.2) is 65.6 Å². The predicted octanol–water partition coefficient (Wildman–Crippen LogP) is 2.41. The minimum atomic E-state index is -1.20. The number of carboxylic acid groups (broad SMARTS) is 1. The second kappa shape index (κ2) is 8.32. The molecule has 2 rings (SSSR count). The Morgan fingerprint density at radius 1 is 1.42 bits per heavy atom. The summed E-state index contributed by atoms with van der Waals surface area (Å²) in [6, 6.07) is 3.49. The highest BCUT2D eigenvalue weighted by Crippen LogP contribution is 2.29. The van der Waals surface area contributed by atoms with Crippen molar-refractivity contribution in [2.45, 2.75) is 32.0 Å². The minimum Gasteiger partial charge on any atom is -0.480 e. The highest BCUT2D eigenvalue weighted by atomic mass is 79.9. The van der Waals surface area contributed by atoms with E-state index in [2.05, 4.69) is 20.9 Å². The number of pyridine rings is 1. The molecule has 0 aliphatic carbocycles. The Balaban J connectivity index is 2.33. The van der Waals surface area contributed by atoms with Gasteiger partial charge in [0.15, 0.2) is 5.60 Å². The summed E-state index contributed by atoms with van der Waals surface area (Å²) in [4.78, 5) is 29.4. The summed E-state index contributed by atoms with van der Waals surface area (Å²) in [7, 11) is 0. The van der Waals surface area contributed by atoms with Crippen LogP contribution in [0.15, 0.2) is 22.8 Å². The lowest BCUT2D eigenvalue weighted by Gasteiger charge is -2.35. The molecular formula is C17H23BrN2O6. The topological polar surface area (TPSA) is 98.2 Å². The molecule has 1 unspecified atom stereocenters. The fraction of sp³-hybridized carbons (Fsp3) is 0.588. The van der Waals surface area contributed by atoms with E-state index in [0.717, 1.165) is 4.47 Å². The number of carboxylic acids is 1. The fourth-order valence-corrected chi connectivity index (χ4v) is 2.72. The molecule has 1 fully saturated rings. The summed E-state index contributed by atoms with van der Waals surface area (Å²) in [6.07, 6.45) is 1.08. The van der Waals surface area contributed by atoms with Crippen LogP contribution < -0.4 is 0 Å². The molecule has 2 heterocycles. The van der Waals surface area contributed by atoms with E-state index >= 15 is 0 Å². The van der Waals surface area contributed by atoms with Crippen LogP contribution in [-0.2, 0) is 24.6 Å². The molecule has 1 aromatic rings. The van der Waals surface area contributed by atoms with Crippen LogP contribution in [0.2, 0.25) is 0 Å². The first-order valence-corrected chi connectivity index (χ1v) is 8.94. The van der Waals surface area contributed by atoms with E-state index < -0.39 is 29.9 Å². The molecule has 0 bridgehead atoms. The van der Waals surface area contributed by atoms with E-state index in [1.165, 1.54) is 4.90 Å². The molecule has 8 nitrogen and oxygen atoms in total. The largest absolute Gasteiger partial charge is 0.480 e. The number of aliphatic carboxylic acids is 1. The third-order valence-electron chi connectivity index (χ3n) is 3.60. The second-order valence-corrected chi connectivity index (χ2v) is 7.91. The van der Waals surface area contributed by atoms with Crippen molar-refractivity contribution in [3.63, 3.8) is 0 Å². The lowest BCUT2D eigenvalue weighted by molar-refractivity contribution is -0.156. The first-order chi connectivity index (χ1) is 12.1.